The number of guanidine groups is 1. The third kappa shape index (κ3) is 6.95. The number of rotatable bonds is 11. The second-order valence-electron chi connectivity index (χ2n) is 7.80. The third-order valence-corrected chi connectivity index (χ3v) is 6.83. The van der Waals surface area contributed by atoms with Crippen LogP contribution in [0.2, 0.25) is 0 Å². The maximum atomic E-state index is 13.4. The number of phenols is 1. The van der Waals surface area contributed by atoms with Gasteiger partial charge in [0.25, 0.3) is 0 Å². The number of aromatic hydroxyl groups is 1. The van der Waals surface area contributed by atoms with Crippen LogP contribution < -0.4 is 11.1 Å². The first-order valence-electron chi connectivity index (χ1n) is 11.0. The zero-order valence-corrected chi connectivity index (χ0v) is 23.9. The van der Waals surface area contributed by atoms with E-state index in [4.69, 9.17) is 20.1 Å². The Bertz CT molecular complexity index is 1420. The Morgan fingerprint density at radius 1 is 1.29 bits per heavy atom. The number of hydrogen-bond donors (Lipinski definition) is 4. The molecule has 3 aromatic rings. The number of esters is 1. The van der Waals surface area contributed by atoms with Crippen LogP contribution in [0, 0.1) is 5.41 Å². The maximum absolute atomic E-state index is 13.4. The number of benzene rings is 2. The van der Waals surface area contributed by atoms with Gasteiger partial charge in [-0.2, -0.15) is 8.42 Å². The van der Waals surface area contributed by atoms with Crippen LogP contribution in [0.3, 0.4) is 0 Å². The van der Waals surface area contributed by atoms with Gasteiger partial charge in [0.2, 0.25) is 0 Å². The molecule has 3 rings (SSSR count). The standard InChI is InChI=1S/C23H27BrN4O8S.ClH/c1-4-34-22(30)19-18-14(12-27-23(25)26)21(29)15(24)11-16(18)28(2)20(19)17(35-37(31,32)36-33-3)10-13-8-6-5-7-9-13;/h5-9,11,17,29H,4,10,12H2,1-3H3,(H4,25,26,27);1H. The van der Waals surface area contributed by atoms with E-state index in [-0.39, 0.29) is 65.9 Å². The number of fused-ring (bicyclic) bond motifs is 1. The molecule has 5 N–H and O–H groups in total. The van der Waals surface area contributed by atoms with Crippen molar-refractivity contribution in [2.24, 2.45) is 12.8 Å². The highest BCUT2D eigenvalue weighted by atomic mass is 79.9. The highest BCUT2D eigenvalue weighted by Gasteiger charge is 2.34. The Kier molecular flexibility index (Phi) is 10.9. The lowest BCUT2D eigenvalue weighted by Crippen LogP contribution is -2.29. The molecule has 0 saturated carbocycles. The van der Waals surface area contributed by atoms with Gasteiger partial charge in [0.15, 0.2) is 5.96 Å². The fourth-order valence-electron chi connectivity index (χ4n) is 4.04. The van der Waals surface area contributed by atoms with E-state index in [0.29, 0.717) is 15.6 Å². The highest BCUT2D eigenvalue weighted by Crippen LogP contribution is 2.42. The molecule has 0 aliphatic carbocycles. The SMILES string of the molecule is CCOC(=O)c1c(C(Cc2ccccc2)OS(=O)(=O)OOC)n(C)c2cc(Br)c(O)c(CNC(=N)N)c12.Cl. The lowest BCUT2D eigenvalue weighted by Gasteiger charge is -2.19. The molecule has 2 aromatic carbocycles. The molecule has 0 saturated heterocycles. The third-order valence-electron chi connectivity index (χ3n) is 5.45. The first kappa shape index (κ1) is 31.3. The zero-order valence-electron chi connectivity index (χ0n) is 20.7. The average Bonchev–Trinajstić information content (AvgIpc) is 3.11. The van der Waals surface area contributed by atoms with Crippen molar-refractivity contribution in [1.82, 2.24) is 9.88 Å². The van der Waals surface area contributed by atoms with E-state index in [0.717, 1.165) is 7.11 Å². The van der Waals surface area contributed by atoms with Gasteiger partial charge in [-0.1, -0.05) is 34.7 Å². The lowest BCUT2D eigenvalue weighted by atomic mass is 9.99. The summed E-state index contributed by atoms with van der Waals surface area (Å²) in [6, 6.07) is 10.5. The van der Waals surface area contributed by atoms with Crippen LogP contribution in [0.15, 0.2) is 40.9 Å². The van der Waals surface area contributed by atoms with E-state index in [9.17, 15) is 18.3 Å². The van der Waals surface area contributed by atoms with Gasteiger partial charge in [0.1, 0.15) is 11.9 Å². The number of ether oxygens (including phenoxy) is 1. The normalized spacial score (nSPS) is 12.1. The van der Waals surface area contributed by atoms with E-state index in [1.165, 1.54) is 0 Å². The Morgan fingerprint density at radius 3 is 2.53 bits per heavy atom. The van der Waals surface area contributed by atoms with Crippen molar-refractivity contribution in [3.05, 3.63) is 63.3 Å². The summed E-state index contributed by atoms with van der Waals surface area (Å²) >= 11 is 3.31. The minimum absolute atomic E-state index is 0. The molecule has 0 amide bonds. The Hall–Kier alpha value is -2.88. The van der Waals surface area contributed by atoms with E-state index in [1.807, 2.05) is 0 Å². The Labute approximate surface area is 234 Å². The van der Waals surface area contributed by atoms with E-state index < -0.39 is 22.5 Å². The van der Waals surface area contributed by atoms with E-state index >= 15 is 0 Å². The zero-order chi connectivity index (χ0) is 27.3. The lowest BCUT2D eigenvalue weighted by molar-refractivity contribution is -0.183. The molecule has 12 nitrogen and oxygen atoms in total. The van der Waals surface area contributed by atoms with Gasteiger partial charge in [-0.15, -0.1) is 12.4 Å². The number of aryl methyl sites for hydroxylation is 1. The van der Waals surface area contributed by atoms with E-state index in [2.05, 4.69) is 30.5 Å². The summed E-state index contributed by atoms with van der Waals surface area (Å²) in [5, 5.41) is 21.3. The van der Waals surface area contributed by atoms with Crippen molar-refractivity contribution in [3.8, 4) is 5.75 Å². The predicted molar refractivity (Wildman–Crippen MR) is 145 cm³/mol. The summed E-state index contributed by atoms with van der Waals surface area (Å²) in [5.74, 6) is -1.31. The van der Waals surface area contributed by atoms with Crippen LogP contribution in [0.4, 0.5) is 0 Å². The van der Waals surface area contributed by atoms with Gasteiger partial charge >= 0.3 is 16.4 Å². The first-order chi connectivity index (χ1) is 17.5. The smallest absolute Gasteiger partial charge is 0.427 e. The van der Waals surface area contributed by atoms with Gasteiger partial charge in [-0.25, -0.2) is 13.9 Å². The molecule has 0 aliphatic rings. The summed E-state index contributed by atoms with van der Waals surface area (Å²) in [7, 11) is -2.02. The molecule has 38 heavy (non-hydrogen) atoms. The van der Waals surface area contributed by atoms with Gasteiger partial charge in [0, 0.05) is 31.0 Å². The molecular formula is C23H28BrClN4O8S. The molecule has 15 heteroatoms. The first-order valence-corrected chi connectivity index (χ1v) is 13.1. The number of halogens is 2. The summed E-state index contributed by atoms with van der Waals surface area (Å²) in [6.45, 7) is 1.56. The van der Waals surface area contributed by atoms with Gasteiger partial charge in [-0.3, -0.25) is 5.41 Å². The molecule has 208 valence electrons. The summed E-state index contributed by atoms with van der Waals surface area (Å²) in [6.07, 6.45) is -1.24. The molecule has 0 aliphatic heterocycles. The number of phenolic OH excluding ortho intramolecular Hbond substituents is 1. The molecule has 0 fully saturated rings. The predicted octanol–water partition coefficient (Wildman–Crippen LogP) is 3.35. The van der Waals surface area contributed by atoms with Crippen molar-refractivity contribution in [3.63, 3.8) is 0 Å². The number of carbonyl (C=O) groups excluding carboxylic acids is 1. The van der Waals surface area contributed by atoms with Crippen LogP contribution in [0.1, 0.15) is 40.2 Å². The molecular weight excluding hydrogens is 608 g/mol. The second kappa shape index (κ2) is 13.3. The summed E-state index contributed by atoms with van der Waals surface area (Å²) in [4.78, 5) is 17.7. The van der Waals surface area contributed by atoms with Crippen molar-refractivity contribution in [1.29, 1.82) is 5.41 Å². The molecule has 1 unspecified atom stereocenters. The van der Waals surface area contributed by atoms with Crippen LogP contribution >= 0.6 is 28.3 Å². The van der Waals surface area contributed by atoms with Crippen molar-refractivity contribution < 1.29 is 36.5 Å². The number of carbonyl (C=O) groups is 1. The molecule has 1 heterocycles. The minimum atomic E-state index is -4.66. The Morgan fingerprint density at radius 2 is 1.95 bits per heavy atom. The quantitative estimate of drug-likeness (QED) is 0.0804. The van der Waals surface area contributed by atoms with E-state index in [1.54, 1.807) is 54.9 Å². The van der Waals surface area contributed by atoms with Crippen LogP contribution in [0.5, 0.6) is 5.75 Å². The number of hydrogen-bond acceptors (Lipinski definition) is 9. The molecule has 1 atom stereocenters. The average molecular weight is 636 g/mol. The largest absolute Gasteiger partial charge is 0.506 e. The van der Waals surface area contributed by atoms with Gasteiger partial charge in [-0.05, 0) is 34.5 Å². The topological polar surface area (TPSA) is 175 Å². The van der Waals surface area contributed by atoms with Gasteiger partial charge in [0.05, 0.1) is 35.0 Å². The maximum Gasteiger partial charge on any atom is 0.427 e. The second-order valence-corrected chi connectivity index (χ2v) is 9.80. The number of nitrogens with one attached hydrogen (secondary N) is 2. The molecule has 0 radical (unpaired) electrons. The molecule has 0 spiro atoms. The molecule has 0 bridgehead atoms. The van der Waals surface area contributed by atoms with Crippen LogP contribution in [-0.2, 0) is 48.6 Å². The van der Waals surface area contributed by atoms with Crippen molar-refractivity contribution in [2.75, 3.05) is 13.7 Å². The fourth-order valence-corrected chi connectivity index (χ4v) is 5.13. The number of nitrogens with zero attached hydrogens (tertiary/aromatic N) is 1. The Balaban J connectivity index is 0.00000507. The fraction of sp³-hybridized carbons (Fsp3) is 0.304. The van der Waals surface area contributed by atoms with Crippen LogP contribution in [0.25, 0.3) is 10.9 Å². The van der Waals surface area contributed by atoms with Gasteiger partial charge < -0.3 is 25.5 Å². The summed E-state index contributed by atoms with van der Waals surface area (Å²) < 4.78 is 41.9. The summed E-state index contributed by atoms with van der Waals surface area (Å²) in [5.41, 5.74) is 6.99. The monoisotopic (exact) mass is 634 g/mol. The van der Waals surface area contributed by atoms with Crippen LogP contribution in [-0.4, -0.2) is 43.7 Å². The highest BCUT2D eigenvalue weighted by molar-refractivity contribution is 9.10. The minimum Gasteiger partial charge on any atom is -0.506 e. The van der Waals surface area contributed by atoms with Crippen molar-refractivity contribution in [2.45, 2.75) is 26.0 Å². The number of nitrogens with two attached hydrogens (primary N) is 1. The van der Waals surface area contributed by atoms with Crippen molar-refractivity contribution >= 4 is 61.6 Å². The number of aromatic nitrogens is 1. The molecule has 1 aromatic heterocycles.